The number of nitrogens with zero attached hydrogens (tertiary/aromatic N) is 3. The fraction of sp³-hybridized carbons (Fsp3) is 0.450. The molecule has 1 aliphatic heterocycles. The number of halogens is 1. The lowest BCUT2D eigenvalue weighted by Crippen LogP contribution is -2.49. The van der Waals surface area contributed by atoms with Crippen molar-refractivity contribution >= 4 is 45.6 Å². The van der Waals surface area contributed by atoms with Crippen molar-refractivity contribution < 1.29 is 13.9 Å². The Hall–Kier alpha value is -2.54. The molecule has 8 heteroatoms. The van der Waals surface area contributed by atoms with Gasteiger partial charge in [0.2, 0.25) is 0 Å². The summed E-state index contributed by atoms with van der Waals surface area (Å²) in [5.41, 5.74) is 1.12. The van der Waals surface area contributed by atoms with E-state index in [0.717, 1.165) is 29.5 Å². The van der Waals surface area contributed by atoms with Crippen molar-refractivity contribution in [2.75, 3.05) is 18.0 Å². The number of nitrogens with one attached hydrogen (secondary N) is 1. The topological polar surface area (TPSA) is 80.5 Å². The van der Waals surface area contributed by atoms with E-state index in [2.05, 4.69) is 20.2 Å². The summed E-state index contributed by atoms with van der Waals surface area (Å²) in [6.45, 7) is 8.88. The molecule has 1 N–H and O–H groups in total. The van der Waals surface area contributed by atoms with Crippen LogP contribution >= 0.6 is 11.6 Å². The average molecular weight is 403 g/mol. The molecule has 1 aromatic carbocycles. The van der Waals surface area contributed by atoms with Crippen molar-refractivity contribution in [1.82, 2.24) is 15.3 Å². The maximum absolute atomic E-state index is 12.2. The monoisotopic (exact) mass is 402 g/mol. The van der Waals surface area contributed by atoms with Crippen LogP contribution in [0.4, 0.5) is 10.6 Å². The molecule has 1 saturated heterocycles. The van der Waals surface area contributed by atoms with E-state index in [1.807, 2.05) is 39.8 Å². The molecule has 7 nitrogen and oxygen atoms in total. The summed E-state index contributed by atoms with van der Waals surface area (Å²) in [6.07, 6.45) is 1.89. The van der Waals surface area contributed by atoms with Gasteiger partial charge >= 0.3 is 6.09 Å². The van der Waals surface area contributed by atoms with Crippen LogP contribution in [0.25, 0.3) is 22.1 Å². The Labute approximate surface area is 168 Å². The van der Waals surface area contributed by atoms with Crippen LogP contribution in [0, 0.1) is 0 Å². The summed E-state index contributed by atoms with van der Waals surface area (Å²) in [4.78, 5) is 23.2. The minimum atomic E-state index is -0.535. The molecule has 1 atom stereocenters. The Morgan fingerprint density at radius 2 is 2.14 bits per heavy atom. The molecule has 0 saturated carbocycles. The number of aromatic nitrogens is 2. The second-order valence-corrected chi connectivity index (χ2v) is 8.91. The number of carbonyl (C=O) groups excluding carboxylic acids is 1. The van der Waals surface area contributed by atoms with Crippen molar-refractivity contribution in [2.45, 2.75) is 45.3 Å². The highest BCUT2D eigenvalue weighted by atomic mass is 35.5. The number of fused-ring (bicyclic) bond motifs is 3. The average Bonchev–Trinajstić information content (AvgIpc) is 3.13. The van der Waals surface area contributed by atoms with E-state index >= 15 is 0 Å². The van der Waals surface area contributed by atoms with Gasteiger partial charge in [-0.25, -0.2) is 14.8 Å². The first-order valence-corrected chi connectivity index (χ1v) is 9.60. The van der Waals surface area contributed by atoms with Crippen LogP contribution in [0.5, 0.6) is 0 Å². The lowest BCUT2D eigenvalue weighted by molar-refractivity contribution is 0.0473. The molecule has 4 rings (SSSR count). The molecule has 3 aromatic rings. The van der Waals surface area contributed by atoms with Gasteiger partial charge in [-0.2, -0.15) is 0 Å². The molecule has 1 fully saturated rings. The van der Waals surface area contributed by atoms with Crippen LogP contribution in [0.3, 0.4) is 0 Å². The molecule has 0 aliphatic carbocycles. The van der Waals surface area contributed by atoms with Crippen molar-refractivity contribution in [3.05, 3.63) is 29.5 Å². The van der Waals surface area contributed by atoms with E-state index in [1.165, 1.54) is 6.33 Å². The van der Waals surface area contributed by atoms with Gasteiger partial charge < -0.3 is 19.4 Å². The third kappa shape index (κ3) is 3.58. The SMILES string of the molecule is CC(C)(C)OC(=O)N[C@]1(C)CCN(c2ncnc3c2oc2ccc(Cl)cc23)C1. The summed E-state index contributed by atoms with van der Waals surface area (Å²) in [5.74, 6) is 0.715. The van der Waals surface area contributed by atoms with Crippen LogP contribution in [-0.4, -0.2) is 40.3 Å². The van der Waals surface area contributed by atoms with E-state index in [9.17, 15) is 4.79 Å². The van der Waals surface area contributed by atoms with E-state index in [-0.39, 0.29) is 0 Å². The third-order valence-corrected chi connectivity index (χ3v) is 5.00. The first-order valence-electron chi connectivity index (χ1n) is 9.22. The summed E-state index contributed by atoms with van der Waals surface area (Å²) >= 11 is 6.13. The first kappa shape index (κ1) is 18.8. The summed E-state index contributed by atoms with van der Waals surface area (Å²) in [7, 11) is 0. The number of hydrogen-bond acceptors (Lipinski definition) is 6. The quantitative estimate of drug-likeness (QED) is 0.678. The Balaban J connectivity index is 1.61. The number of furan rings is 1. The Morgan fingerprint density at radius 3 is 2.89 bits per heavy atom. The lowest BCUT2D eigenvalue weighted by atomic mass is 10.0. The highest BCUT2D eigenvalue weighted by molar-refractivity contribution is 6.31. The second kappa shape index (κ2) is 6.51. The molecule has 148 valence electrons. The maximum Gasteiger partial charge on any atom is 0.408 e. The molecular weight excluding hydrogens is 380 g/mol. The lowest BCUT2D eigenvalue weighted by Gasteiger charge is -2.28. The minimum absolute atomic E-state index is 0.414. The Bertz CT molecular complexity index is 1060. The van der Waals surface area contributed by atoms with Crippen LogP contribution in [-0.2, 0) is 4.74 Å². The van der Waals surface area contributed by atoms with E-state index in [0.29, 0.717) is 23.0 Å². The smallest absolute Gasteiger partial charge is 0.408 e. The fourth-order valence-electron chi connectivity index (χ4n) is 3.56. The van der Waals surface area contributed by atoms with Gasteiger partial charge in [-0.1, -0.05) is 11.6 Å². The largest absolute Gasteiger partial charge is 0.450 e. The number of ether oxygens (including phenoxy) is 1. The van der Waals surface area contributed by atoms with Gasteiger partial charge in [-0.15, -0.1) is 0 Å². The van der Waals surface area contributed by atoms with Gasteiger partial charge in [-0.3, -0.25) is 0 Å². The van der Waals surface area contributed by atoms with Gasteiger partial charge in [0.05, 0.1) is 5.54 Å². The standard InChI is InChI=1S/C20H23ClN4O3/c1-19(2,3)28-18(26)24-20(4)7-8-25(10-20)17-16-15(22-11-23-17)13-9-12(21)5-6-14(13)27-16/h5-6,9,11H,7-8,10H2,1-4H3,(H,24,26)/t20-/m1/s1. The summed E-state index contributed by atoms with van der Waals surface area (Å²) in [5, 5.41) is 4.49. The zero-order chi connectivity index (χ0) is 20.1. The van der Waals surface area contributed by atoms with Crippen LogP contribution in [0.2, 0.25) is 5.02 Å². The van der Waals surface area contributed by atoms with Crippen LogP contribution < -0.4 is 10.2 Å². The molecule has 0 bridgehead atoms. The van der Waals surface area contributed by atoms with E-state index in [4.69, 9.17) is 20.8 Å². The summed E-state index contributed by atoms with van der Waals surface area (Å²) < 4.78 is 11.4. The zero-order valence-electron chi connectivity index (χ0n) is 16.4. The first-order chi connectivity index (χ1) is 13.1. The normalized spacial score (nSPS) is 20.1. The molecule has 3 heterocycles. The van der Waals surface area contributed by atoms with Gasteiger partial charge in [0.1, 0.15) is 23.0 Å². The molecule has 1 aliphatic rings. The fourth-order valence-corrected chi connectivity index (χ4v) is 3.73. The molecule has 2 aromatic heterocycles. The highest BCUT2D eigenvalue weighted by Gasteiger charge is 2.38. The van der Waals surface area contributed by atoms with E-state index in [1.54, 1.807) is 6.07 Å². The molecule has 0 spiro atoms. The van der Waals surface area contributed by atoms with Crippen LogP contribution in [0.15, 0.2) is 28.9 Å². The van der Waals surface area contributed by atoms with Crippen molar-refractivity contribution in [3.63, 3.8) is 0 Å². The Morgan fingerprint density at radius 1 is 1.36 bits per heavy atom. The maximum atomic E-state index is 12.2. The molecule has 0 radical (unpaired) electrons. The third-order valence-electron chi connectivity index (χ3n) is 4.77. The molecule has 0 unspecified atom stereocenters. The van der Waals surface area contributed by atoms with Crippen LogP contribution in [0.1, 0.15) is 34.1 Å². The Kier molecular flexibility index (Phi) is 4.38. The number of anilines is 1. The van der Waals surface area contributed by atoms with Crippen molar-refractivity contribution in [1.29, 1.82) is 0 Å². The van der Waals surface area contributed by atoms with Gasteiger partial charge in [-0.05, 0) is 52.3 Å². The number of carbonyl (C=O) groups is 1. The molecule has 1 amide bonds. The van der Waals surface area contributed by atoms with Gasteiger partial charge in [0.15, 0.2) is 11.4 Å². The minimum Gasteiger partial charge on any atom is -0.450 e. The zero-order valence-corrected chi connectivity index (χ0v) is 17.1. The number of benzene rings is 1. The molecular formula is C20H23ClN4O3. The van der Waals surface area contributed by atoms with Crippen molar-refractivity contribution in [3.8, 4) is 0 Å². The number of alkyl carbamates (subject to hydrolysis) is 1. The summed E-state index contributed by atoms with van der Waals surface area (Å²) in [6, 6.07) is 5.47. The predicted octanol–water partition coefficient (Wildman–Crippen LogP) is 4.52. The number of rotatable bonds is 2. The number of amides is 1. The van der Waals surface area contributed by atoms with Crippen molar-refractivity contribution in [2.24, 2.45) is 0 Å². The van der Waals surface area contributed by atoms with Gasteiger partial charge in [0, 0.05) is 23.5 Å². The second-order valence-electron chi connectivity index (χ2n) is 8.48. The van der Waals surface area contributed by atoms with E-state index < -0.39 is 17.2 Å². The van der Waals surface area contributed by atoms with Gasteiger partial charge in [0.25, 0.3) is 0 Å². The predicted molar refractivity (Wildman–Crippen MR) is 109 cm³/mol. The highest BCUT2D eigenvalue weighted by Crippen LogP contribution is 2.36. The number of hydrogen-bond donors (Lipinski definition) is 1. The molecule has 28 heavy (non-hydrogen) atoms.